The van der Waals surface area contributed by atoms with Gasteiger partial charge < -0.3 is 23.8 Å². The molecule has 5 heterocycles. The molecular formula is C40H58N8O5S. The van der Waals surface area contributed by atoms with Crippen LogP contribution in [0.5, 0.6) is 0 Å². The molecule has 14 heteroatoms. The second-order valence-corrected chi connectivity index (χ2v) is 21.6. The first-order valence-electron chi connectivity index (χ1n) is 18.7. The largest absolute Gasteiger partial charge is 0.444 e. The van der Waals surface area contributed by atoms with Crippen molar-refractivity contribution in [2.45, 2.75) is 97.2 Å². The van der Waals surface area contributed by atoms with Crippen LogP contribution >= 0.6 is 10.0 Å². The molecule has 6 rings (SSSR count). The number of hydrogen-bond donors (Lipinski definition) is 1. The summed E-state index contributed by atoms with van der Waals surface area (Å²) in [6, 6.07) is 7.70. The summed E-state index contributed by atoms with van der Waals surface area (Å²) in [4.78, 5) is 52.2. The summed E-state index contributed by atoms with van der Waals surface area (Å²) in [5, 5.41) is 0. The Kier molecular flexibility index (Phi) is 11.4. The predicted octanol–water partition coefficient (Wildman–Crippen LogP) is 8.46. The van der Waals surface area contributed by atoms with Crippen LogP contribution in [0, 0.1) is 0 Å². The van der Waals surface area contributed by atoms with Crippen LogP contribution in [0.25, 0.3) is 33.9 Å². The fraction of sp³-hybridized carbons (Fsp3) is 0.550. The van der Waals surface area contributed by atoms with Crippen LogP contribution in [0.3, 0.4) is 0 Å². The second-order valence-electron chi connectivity index (χ2n) is 17.0. The summed E-state index contributed by atoms with van der Waals surface area (Å²) in [6.07, 6.45) is 16.7. The first-order chi connectivity index (χ1) is 25.5. The van der Waals surface area contributed by atoms with Gasteiger partial charge in [-0.2, -0.15) is 0 Å². The van der Waals surface area contributed by atoms with Crippen molar-refractivity contribution in [3.05, 3.63) is 60.7 Å². The number of carbonyl (C=O) groups is 2. The van der Waals surface area contributed by atoms with Gasteiger partial charge in [0.2, 0.25) is 0 Å². The Bertz CT molecular complexity index is 1910. The molecule has 1 aromatic carbocycles. The molecule has 1 N–H and O–H groups in total. The Labute approximate surface area is 322 Å². The summed E-state index contributed by atoms with van der Waals surface area (Å²) < 4.78 is 19.7. The first-order valence-corrected chi connectivity index (χ1v) is 21.7. The van der Waals surface area contributed by atoms with E-state index >= 15 is 0 Å². The number of likely N-dealkylation sites (tertiary alicyclic amines) is 2. The van der Waals surface area contributed by atoms with Crippen molar-refractivity contribution in [3.63, 3.8) is 0 Å². The Morgan fingerprint density at radius 3 is 1.94 bits per heavy atom. The van der Waals surface area contributed by atoms with Gasteiger partial charge in [-0.25, -0.2) is 29.6 Å². The van der Waals surface area contributed by atoms with Crippen LogP contribution < -0.4 is 0 Å². The molecule has 54 heavy (non-hydrogen) atoms. The van der Waals surface area contributed by atoms with Gasteiger partial charge in [0.25, 0.3) is 0 Å². The average Bonchev–Trinajstić information content (AvgIpc) is 3.91. The minimum Gasteiger partial charge on any atom is -0.444 e. The number of nitrogens with one attached hydrogen (secondary N) is 1. The highest BCUT2D eigenvalue weighted by Crippen LogP contribution is 2.37. The first kappa shape index (κ1) is 39.3. The highest BCUT2D eigenvalue weighted by atomic mass is 32.3. The van der Waals surface area contributed by atoms with Gasteiger partial charge in [-0.15, -0.1) is 0 Å². The molecule has 0 radical (unpaired) electrons. The predicted molar refractivity (Wildman–Crippen MR) is 214 cm³/mol. The highest BCUT2D eigenvalue weighted by molar-refractivity contribution is 8.32. The van der Waals surface area contributed by atoms with Crippen LogP contribution in [0.4, 0.5) is 9.59 Å². The maximum atomic E-state index is 13.2. The van der Waals surface area contributed by atoms with E-state index in [1.165, 1.54) is 0 Å². The minimum absolute atomic E-state index is 0. The molecule has 2 aliphatic heterocycles. The van der Waals surface area contributed by atoms with E-state index in [-0.39, 0.29) is 25.7 Å². The third-order valence-electron chi connectivity index (χ3n) is 9.32. The number of benzene rings is 1. The summed E-state index contributed by atoms with van der Waals surface area (Å²) in [6.45, 7) is 13.4. The van der Waals surface area contributed by atoms with Gasteiger partial charge in [-0.1, -0.05) is 24.3 Å². The van der Waals surface area contributed by atoms with Gasteiger partial charge in [0.15, 0.2) is 0 Å². The van der Waals surface area contributed by atoms with Crippen molar-refractivity contribution in [2.24, 2.45) is 0 Å². The monoisotopic (exact) mass is 762 g/mol. The lowest BCUT2D eigenvalue weighted by atomic mass is 10.1. The maximum Gasteiger partial charge on any atom is 0.410 e. The molecule has 2 saturated heterocycles. The quantitative estimate of drug-likeness (QED) is 0.158. The molecule has 294 valence electrons. The number of ether oxygens (including phenoxy) is 3. The Balaban J connectivity index is 0.00000580. The number of aromatic nitrogens is 6. The Morgan fingerprint density at radius 1 is 0.778 bits per heavy atom. The lowest BCUT2D eigenvalue weighted by Gasteiger charge is -2.29. The number of H-pyrrole nitrogens is 1. The summed E-state index contributed by atoms with van der Waals surface area (Å²) >= 11 is 0. The van der Waals surface area contributed by atoms with Crippen molar-refractivity contribution < 1.29 is 25.2 Å². The van der Waals surface area contributed by atoms with Crippen molar-refractivity contribution >= 4 is 22.2 Å². The molecule has 4 aromatic rings. The highest BCUT2D eigenvalue weighted by Gasteiger charge is 2.37. The van der Waals surface area contributed by atoms with Crippen LogP contribution in [0.1, 0.15) is 92.4 Å². The molecule has 2 amide bonds. The zero-order chi connectivity index (χ0) is 38.8. The van der Waals surface area contributed by atoms with Gasteiger partial charge in [0, 0.05) is 25.8 Å². The van der Waals surface area contributed by atoms with Crippen molar-refractivity contribution in [1.82, 2.24) is 39.3 Å². The number of aromatic amines is 1. The van der Waals surface area contributed by atoms with E-state index in [1.807, 2.05) is 76.6 Å². The number of imidazole rings is 2. The number of amides is 2. The molecule has 2 aliphatic rings. The Hall–Kier alpha value is -4.43. The van der Waals surface area contributed by atoms with E-state index in [2.05, 4.69) is 28.7 Å². The van der Waals surface area contributed by atoms with Crippen LogP contribution in [-0.2, 0) is 20.9 Å². The molecule has 0 bridgehead atoms. The van der Waals surface area contributed by atoms with Gasteiger partial charge in [-0.3, -0.25) is 19.8 Å². The van der Waals surface area contributed by atoms with Crippen molar-refractivity contribution in [1.29, 1.82) is 0 Å². The zero-order valence-electron chi connectivity index (χ0n) is 33.2. The van der Waals surface area contributed by atoms with Crippen LogP contribution in [-0.4, -0.2) is 107 Å². The van der Waals surface area contributed by atoms with E-state index in [9.17, 15) is 9.59 Å². The third kappa shape index (κ3) is 9.62. The smallest absolute Gasteiger partial charge is 0.410 e. The number of hydrogen-bond acceptors (Lipinski definition) is 9. The van der Waals surface area contributed by atoms with E-state index < -0.39 is 21.2 Å². The zero-order valence-corrected chi connectivity index (χ0v) is 34.0. The van der Waals surface area contributed by atoms with E-state index in [0.717, 1.165) is 71.3 Å². The van der Waals surface area contributed by atoms with Gasteiger partial charge in [0.05, 0.1) is 60.6 Å². The fourth-order valence-corrected chi connectivity index (χ4v) is 7.33. The molecule has 3 aromatic heterocycles. The summed E-state index contributed by atoms with van der Waals surface area (Å²) in [5.74, 6) is 2.50. The topological polar surface area (TPSA) is 141 Å². The van der Waals surface area contributed by atoms with Crippen molar-refractivity contribution in [3.8, 4) is 33.9 Å². The average molecular weight is 763 g/mol. The molecule has 0 saturated carbocycles. The van der Waals surface area contributed by atoms with Gasteiger partial charge in [-0.05, 0) is 91.6 Å². The summed E-state index contributed by atoms with van der Waals surface area (Å²) in [7, 11) is -0.717. The number of carbonyl (C=O) groups excluding carboxylic acids is 2. The molecule has 0 aliphatic carbocycles. The lowest BCUT2D eigenvalue weighted by Crippen LogP contribution is -2.37. The maximum absolute atomic E-state index is 13.2. The van der Waals surface area contributed by atoms with Gasteiger partial charge in [0.1, 0.15) is 35.3 Å². The van der Waals surface area contributed by atoms with E-state index in [4.69, 9.17) is 29.2 Å². The number of rotatable bonds is 10. The molecule has 0 spiro atoms. The molecular weight excluding hydrogens is 705 g/mol. The lowest BCUT2D eigenvalue weighted by molar-refractivity contribution is 0.0199. The van der Waals surface area contributed by atoms with E-state index in [0.29, 0.717) is 32.1 Å². The minimum atomic E-state index is -0.717. The SMILES string of the molecule is CC(C)(C)OC(=O)N1CCCC1c1ncc(-c2ccc(-c3cnc(-c4cnc([C@@H]5CCCN5C(=O)OC(C)(C)C)n4COCCS(C)(C)C)cn3)cc2)[nH]1.[HH]. The van der Waals surface area contributed by atoms with Crippen LogP contribution in [0.2, 0.25) is 0 Å². The second kappa shape index (κ2) is 15.7. The number of nitrogens with zero attached hydrogens (tertiary/aromatic N) is 7. The molecule has 2 atom stereocenters. The summed E-state index contributed by atoms with van der Waals surface area (Å²) in [5.41, 5.74) is 3.80. The normalized spacial score (nSPS) is 18.3. The van der Waals surface area contributed by atoms with Gasteiger partial charge >= 0.3 is 12.2 Å². The fourth-order valence-electron chi connectivity index (χ4n) is 6.71. The Morgan fingerprint density at radius 2 is 1.35 bits per heavy atom. The van der Waals surface area contributed by atoms with E-state index in [1.54, 1.807) is 28.4 Å². The molecule has 2 fully saturated rings. The standard InChI is InChI=1S/C40H56N8O5S.H2/c1-39(2,3)52-37(49)46-18-10-12-32(46)35-43-23-30(45-35)28-16-14-27(15-17-28)29-22-42-31(24-41-29)34-25-44-36(48(34)26-51-20-21-54(7,8)9)33-13-11-19-47(33)38(50)53-40(4,5)6;/h14-17,22-25,32-33H,10-13,18-21,26H2,1-9H3,(H,43,45);1H/t32?,33-;/m0./s1. The van der Waals surface area contributed by atoms with Crippen LogP contribution in [0.15, 0.2) is 49.1 Å². The third-order valence-corrected chi connectivity index (χ3v) is 10.7. The molecule has 1 unspecified atom stereocenters. The van der Waals surface area contributed by atoms with Crippen molar-refractivity contribution in [2.75, 3.05) is 44.2 Å². The molecule has 13 nitrogen and oxygen atoms in total.